The third-order valence-electron chi connectivity index (χ3n) is 6.75. The van der Waals surface area contributed by atoms with E-state index >= 15 is 0 Å². The molecule has 0 aliphatic carbocycles. The van der Waals surface area contributed by atoms with Crippen molar-refractivity contribution in [1.82, 2.24) is 29.9 Å². The van der Waals surface area contributed by atoms with Crippen LogP contribution in [0.3, 0.4) is 0 Å². The monoisotopic (exact) mass is 668 g/mol. The molecule has 0 amide bonds. The van der Waals surface area contributed by atoms with E-state index in [1.165, 1.54) is 49.1 Å². The molecule has 246 valence electrons. The van der Waals surface area contributed by atoms with Gasteiger partial charge < -0.3 is 20.4 Å². The van der Waals surface area contributed by atoms with Crippen LogP contribution in [0.15, 0.2) is 73.3 Å². The van der Waals surface area contributed by atoms with Crippen LogP contribution >= 0.6 is 0 Å². The zero-order chi connectivity index (χ0) is 35.6. The fraction of sp³-hybridized carbons (Fsp3) is 0. The average molecular weight is 669 g/mol. The Morgan fingerprint density at radius 3 is 0.800 bits per heavy atom. The Labute approximate surface area is 282 Å². The average Bonchev–Trinajstić information content (AvgIpc) is 3.12. The molecular weight excluding hydrogens is 644 g/mol. The van der Waals surface area contributed by atoms with Crippen molar-refractivity contribution < 1.29 is 39.6 Å². The molecule has 0 aliphatic rings. The predicted octanol–water partition coefficient (Wildman–Crippen LogP) is 5.53. The highest BCUT2D eigenvalue weighted by Crippen LogP contribution is 2.21. The van der Waals surface area contributed by atoms with Gasteiger partial charge in [-0.1, -0.05) is 24.3 Å². The minimum Gasteiger partial charge on any atom is -0.477 e. The van der Waals surface area contributed by atoms with Gasteiger partial charge in [-0.05, 0) is 95.1 Å². The summed E-state index contributed by atoms with van der Waals surface area (Å²) in [6.07, 6.45) is 18.4. The fourth-order valence-corrected chi connectivity index (χ4v) is 4.35. The largest absolute Gasteiger partial charge is 0.477 e. The third-order valence-corrected chi connectivity index (χ3v) is 6.75. The first kappa shape index (κ1) is 33.9. The van der Waals surface area contributed by atoms with E-state index in [0.717, 1.165) is 0 Å². The van der Waals surface area contributed by atoms with Crippen molar-refractivity contribution in [2.24, 2.45) is 0 Å². The van der Waals surface area contributed by atoms with Gasteiger partial charge in [-0.25, -0.2) is 49.1 Å². The molecule has 0 aromatic carbocycles. The lowest BCUT2D eigenvalue weighted by Crippen LogP contribution is -2.01. The van der Waals surface area contributed by atoms with Crippen LogP contribution in [-0.2, 0) is 0 Å². The van der Waals surface area contributed by atoms with Crippen molar-refractivity contribution in [3.05, 3.63) is 141 Å². The van der Waals surface area contributed by atoms with Gasteiger partial charge in [0.1, 0.15) is 22.8 Å². The Hall–Kier alpha value is -7.48. The zero-order valence-corrected chi connectivity index (χ0v) is 25.7. The number of carboxylic acids is 4. The molecular formula is C36H24N6O8. The van der Waals surface area contributed by atoms with Crippen molar-refractivity contribution >= 4 is 72.5 Å². The third kappa shape index (κ3) is 8.86. The van der Waals surface area contributed by atoms with E-state index in [1.54, 1.807) is 72.9 Å². The minimum atomic E-state index is -1.20. The van der Waals surface area contributed by atoms with Crippen molar-refractivity contribution in [1.29, 1.82) is 0 Å². The Morgan fingerprint density at radius 1 is 0.380 bits per heavy atom. The lowest BCUT2D eigenvalue weighted by molar-refractivity contribution is 0.0680. The molecule has 0 radical (unpaired) electrons. The van der Waals surface area contributed by atoms with Crippen molar-refractivity contribution in [3.63, 3.8) is 0 Å². The lowest BCUT2D eigenvalue weighted by atomic mass is 10.1. The normalized spacial score (nSPS) is 11.5. The Morgan fingerprint density at radius 2 is 0.600 bits per heavy atom. The number of nitrogens with zero attached hydrogens (tertiary/aromatic N) is 6. The topological polar surface area (TPSA) is 227 Å². The molecule has 14 nitrogen and oxygen atoms in total. The number of hydrogen-bond acceptors (Lipinski definition) is 10. The summed E-state index contributed by atoms with van der Waals surface area (Å²) in [6.45, 7) is 0. The maximum atomic E-state index is 11.5. The van der Waals surface area contributed by atoms with Gasteiger partial charge in [-0.15, -0.1) is 0 Å². The van der Waals surface area contributed by atoms with E-state index < -0.39 is 23.9 Å². The number of rotatable bonds is 12. The van der Waals surface area contributed by atoms with Crippen molar-refractivity contribution in [3.8, 4) is 0 Å². The number of aromatic carboxylic acids is 4. The van der Waals surface area contributed by atoms with Crippen LogP contribution in [-0.4, -0.2) is 74.2 Å². The summed E-state index contributed by atoms with van der Waals surface area (Å²) < 4.78 is 0. The van der Waals surface area contributed by atoms with Gasteiger partial charge in [-0.3, -0.25) is 0 Å². The van der Waals surface area contributed by atoms with Crippen LogP contribution in [0, 0.1) is 0 Å². The van der Waals surface area contributed by atoms with Crippen LogP contribution in [0.25, 0.3) is 48.6 Å². The molecule has 0 atom stereocenters. The molecule has 4 N–H and O–H groups in total. The number of aromatic nitrogens is 6. The molecule has 0 unspecified atom stereocenters. The van der Waals surface area contributed by atoms with E-state index in [-0.39, 0.29) is 22.8 Å². The summed E-state index contributed by atoms with van der Waals surface area (Å²) in [7, 11) is 0. The van der Waals surface area contributed by atoms with Gasteiger partial charge in [0.05, 0.1) is 22.8 Å². The lowest BCUT2D eigenvalue weighted by Gasteiger charge is -2.08. The van der Waals surface area contributed by atoms with Crippen molar-refractivity contribution in [2.75, 3.05) is 0 Å². The van der Waals surface area contributed by atoms with Crippen molar-refractivity contribution in [2.45, 2.75) is 0 Å². The molecule has 0 bridgehead atoms. The van der Waals surface area contributed by atoms with Gasteiger partial charge >= 0.3 is 23.9 Å². The first-order valence-corrected chi connectivity index (χ1v) is 14.5. The molecule has 5 aromatic rings. The summed E-state index contributed by atoms with van der Waals surface area (Å²) in [5.41, 5.74) is 2.75. The summed E-state index contributed by atoms with van der Waals surface area (Å²) in [4.78, 5) is 70.9. The molecule has 0 saturated heterocycles. The second-order valence-corrected chi connectivity index (χ2v) is 10.2. The number of hydrogen-bond donors (Lipinski definition) is 4. The van der Waals surface area contributed by atoms with E-state index in [9.17, 15) is 39.6 Å². The second-order valence-electron chi connectivity index (χ2n) is 10.2. The highest BCUT2D eigenvalue weighted by Gasteiger charge is 2.11. The van der Waals surface area contributed by atoms with Crippen LogP contribution < -0.4 is 0 Å². The quantitative estimate of drug-likeness (QED) is 0.128. The van der Waals surface area contributed by atoms with E-state index in [4.69, 9.17) is 9.97 Å². The first-order valence-electron chi connectivity index (χ1n) is 14.5. The molecule has 0 spiro atoms. The van der Waals surface area contributed by atoms with Crippen LogP contribution in [0.5, 0.6) is 0 Å². The number of carbonyl (C=O) groups is 4. The highest BCUT2D eigenvalue weighted by atomic mass is 16.4. The Kier molecular flexibility index (Phi) is 10.4. The maximum Gasteiger partial charge on any atom is 0.354 e. The standard InChI is InChI=1S/C36H24N6O8/c43-33(44)29-17-21(9-13-37-29)1-5-25-26(6-2-22-10-14-38-30(18-22)34(45)46)42-28(8-4-24-12-16-40-32(20-24)36(49)50)27(41-25)7-3-23-11-15-39-31(19-23)35(47)48/h1-20H,(H,43,44)(H,45,46)(H,47,48)(H,49,50). The zero-order valence-electron chi connectivity index (χ0n) is 25.7. The van der Waals surface area contributed by atoms with Gasteiger partial charge in [0.2, 0.25) is 0 Å². The predicted molar refractivity (Wildman–Crippen MR) is 183 cm³/mol. The molecule has 0 fully saturated rings. The van der Waals surface area contributed by atoms with E-state index in [0.29, 0.717) is 45.0 Å². The summed E-state index contributed by atoms with van der Waals surface area (Å²) in [5, 5.41) is 37.5. The summed E-state index contributed by atoms with van der Waals surface area (Å²) in [5.74, 6) is -4.79. The minimum absolute atomic E-state index is 0.158. The van der Waals surface area contributed by atoms with Crippen LogP contribution in [0.4, 0.5) is 0 Å². The van der Waals surface area contributed by atoms with Gasteiger partial charge in [-0.2, -0.15) is 0 Å². The van der Waals surface area contributed by atoms with Gasteiger partial charge in [0.25, 0.3) is 0 Å². The Balaban J connectivity index is 1.66. The Bertz CT molecular complexity index is 1950. The van der Waals surface area contributed by atoms with Crippen LogP contribution in [0.1, 0.15) is 87.0 Å². The molecule has 50 heavy (non-hydrogen) atoms. The SMILES string of the molecule is O=C(O)c1cc(C=Cc2nc(C=Cc3ccnc(C(=O)O)c3)c(C=Cc3ccnc(C(=O)O)c3)nc2C=Cc2ccnc(C(=O)O)c2)ccn1. The summed E-state index contributed by atoms with van der Waals surface area (Å²) in [6, 6.07) is 12.0. The van der Waals surface area contributed by atoms with Crippen LogP contribution in [0.2, 0.25) is 0 Å². The highest BCUT2D eigenvalue weighted by molar-refractivity contribution is 5.89. The number of carboxylic acid groups (broad SMARTS) is 4. The number of pyridine rings is 4. The smallest absolute Gasteiger partial charge is 0.354 e. The van der Waals surface area contributed by atoms with E-state index in [1.807, 2.05) is 0 Å². The molecule has 0 saturated carbocycles. The molecule has 14 heteroatoms. The summed E-state index contributed by atoms with van der Waals surface area (Å²) >= 11 is 0. The molecule has 0 aliphatic heterocycles. The fourth-order valence-electron chi connectivity index (χ4n) is 4.35. The molecule has 5 rings (SSSR count). The first-order chi connectivity index (χ1) is 24.0. The molecule has 5 aromatic heterocycles. The van der Waals surface area contributed by atoms with Gasteiger partial charge in [0, 0.05) is 24.8 Å². The van der Waals surface area contributed by atoms with Gasteiger partial charge in [0.15, 0.2) is 0 Å². The second kappa shape index (κ2) is 15.4. The maximum absolute atomic E-state index is 11.5. The molecule has 5 heterocycles. The van der Waals surface area contributed by atoms with E-state index in [2.05, 4.69) is 19.9 Å².